The predicted octanol–water partition coefficient (Wildman–Crippen LogP) is 5.59. The Morgan fingerprint density at radius 1 is 0.946 bits per heavy atom. The summed E-state index contributed by atoms with van der Waals surface area (Å²) in [5.74, 6) is 3.80. The minimum absolute atomic E-state index is 0.0107. The van der Waals surface area contributed by atoms with E-state index in [1.54, 1.807) is 0 Å². The summed E-state index contributed by atoms with van der Waals surface area (Å²) in [6, 6.07) is 0. The first-order chi connectivity index (χ1) is 17.1. The van der Waals surface area contributed by atoms with Crippen molar-refractivity contribution in [1.29, 1.82) is 0 Å². The molecule has 0 amide bonds. The fourth-order valence-corrected chi connectivity index (χ4v) is 11.3. The lowest BCUT2D eigenvalue weighted by Crippen LogP contribution is -2.71. The van der Waals surface area contributed by atoms with E-state index >= 15 is 0 Å². The van der Waals surface area contributed by atoms with E-state index < -0.39 is 23.2 Å². The van der Waals surface area contributed by atoms with Crippen LogP contribution in [0.2, 0.25) is 0 Å². The van der Waals surface area contributed by atoms with Crippen molar-refractivity contribution >= 4 is 5.97 Å². The summed E-state index contributed by atoms with van der Waals surface area (Å²) in [6.45, 7) is 18.2. The van der Waals surface area contributed by atoms with Gasteiger partial charge in [0, 0.05) is 24.7 Å². The highest BCUT2D eigenvalue weighted by atomic mass is 16.5. The Labute approximate surface area is 225 Å². The Bertz CT molecular complexity index is 904. The maximum Gasteiger partial charge on any atom is 0.302 e. The number of carbonyl (C=O) groups excluding carboxylic acids is 1. The van der Waals surface area contributed by atoms with Gasteiger partial charge in [0.25, 0.3) is 0 Å². The molecule has 0 spiro atoms. The molecule has 14 atom stereocenters. The lowest BCUT2D eigenvalue weighted by atomic mass is 9.41. The average Bonchev–Trinajstić information content (AvgIpc) is 3.37. The SMILES string of the molecule is CC(=O)O[C@@H]1C[C@]2(C)[C@@H]([C@H](C)[C@H]3C[C@]3(C)[C@H](C)C(C)C)CC[C@H]2[C@@H]2C[C@@H](O)[C@@]3(O)C[C@@H](O)CC[C@]3(C)[C@H]21. The third-order valence-corrected chi connectivity index (χ3v) is 13.8. The van der Waals surface area contributed by atoms with E-state index in [2.05, 4.69) is 48.5 Å². The molecule has 5 nitrogen and oxygen atoms in total. The van der Waals surface area contributed by atoms with E-state index in [0.29, 0.717) is 54.3 Å². The molecule has 0 heterocycles. The van der Waals surface area contributed by atoms with Crippen molar-refractivity contribution in [2.75, 3.05) is 0 Å². The van der Waals surface area contributed by atoms with Gasteiger partial charge in [-0.3, -0.25) is 4.79 Å². The molecule has 5 rings (SSSR count). The first kappa shape index (κ1) is 27.9. The summed E-state index contributed by atoms with van der Waals surface area (Å²) in [7, 11) is 0. The molecule has 0 aliphatic heterocycles. The Hall–Kier alpha value is -0.650. The zero-order chi connectivity index (χ0) is 27.3. The van der Waals surface area contributed by atoms with E-state index in [0.717, 1.165) is 18.8 Å². The molecule has 5 heteroatoms. The molecule has 5 aliphatic rings. The van der Waals surface area contributed by atoms with E-state index in [1.165, 1.54) is 19.8 Å². The number of esters is 1. The van der Waals surface area contributed by atoms with Crippen molar-refractivity contribution in [2.45, 2.75) is 131 Å². The second kappa shape index (κ2) is 8.93. The summed E-state index contributed by atoms with van der Waals surface area (Å²) in [6.07, 6.45) is 4.84. The van der Waals surface area contributed by atoms with E-state index in [9.17, 15) is 20.1 Å². The van der Waals surface area contributed by atoms with Crippen LogP contribution in [-0.4, -0.2) is 45.2 Å². The van der Waals surface area contributed by atoms with Gasteiger partial charge in [0.2, 0.25) is 0 Å². The first-order valence-electron chi connectivity index (χ1n) is 15.4. The van der Waals surface area contributed by atoms with Crippen LogP contribution in [0.3, 0.4) is 0 Å². The monoisotopic (exact) mass is 518 g/mol. The maximum atomic E-state index is 12.4. The molecule has 0 saturated heterocycles. The number of aliphatic hydroxyl groups excluding tert-OH is 2. The highest BCUT2D eigenvalue weighted by Crippen LogP contribution is 2.72. The molecule has 0 radical (unpaired) electrons. The number of hydrogen-bond donors (Lipinski definition) is 3. The first-order valence-corrected chi connectivity index (χ1v) is 15.4. The van der Waals surface area contributed by atoms with Crippen LogP contribution in [0.5, 0.6) is 0 Å². The van der Waals surface area contributed by atoms with Crippen LogP contribution in [-0.2, 0) is 9.53 Å². The lowest BCUT2D eigenvalue weighted by Gasteiger charge is -2.66. The summed E-state index contributed by atoms with van der Waals surface area (Å²) in [5.41, 5.74) is -1.44. The van der Waals surface area contributed by atoms with Gasteiger partial charge in [0.15, 0.2) is 0 Å². The van der Waals surface area contributed by atoms with E-state index in [-0.39, 0.29) is 35.7 Å². The minimum Gasteiger partial charge on any atom is -0.462 e. The molecule has 0 aromatic heterocycles. The van der Waals surface area contributed by atoms with Crippen molar-refractivity contribution in [1.82, 2.24) is 0 Å². The van der Waals surface area contributed by atoms with Gasteiger partial charge >= 0.3 is 5.97 Å². The predicted molar refractivity (Wildman–Crippen MR) is 144 cm³/mol. The highest BCUT2D eigenvalue weighted by molar-refractivity contribution is 5.66. The van der Waals surface area contributed by atoms with Crippen LogP contribution in [0, 0.1) is 63.6 Å². The molecule has 3 N–H and O–H groups in total. The molecule has 0 aromatic rings. The number of hydrogen-bond acceptors (Lipinski definition) is 5. The normalized spacial score (nSPS) is 54.6. The molecule has 0 aromatic carbocycles. The van der Waals surface area contributed by atoms with Gasteiger partial charge in [-0.15, -0.1) is 0 Å². The largest absolute Gasteiger partial charge is 0.462 e. The number of rotatable bonds is 5. The summed E-state index contributed by atoms with van der Waals surface area (Å²) >= 11 is 0. The molecule has 0 unspecified atom stereocenters. The zero-order valence-corrected chi connectivity index (χ0v) is 24.7. The quantitative estimate of drug-likeness (QED) is 0.413. The fourth-order valence-electron chi connectivity index (χ4n) is 11.3. The van der Waals surface area contributed by atoms with Gasteiger partial charge in [0.05, 0.1) is 17.8 Å². The molecule has 5 fully saturated rings. The van der Waals surface area contributed by atoms with Gasteiger partial charge in [0.1, 0.15) is 6.10 Å². The second-order valence-electron chi connectivity index (χ2n) is 15.5. The Balaban J connectivity index is 1.48. The van der Waals surface area contributed by atoms with Crippen molar-refractivity contribution in [3.05, 3.63) is 0 Å². The van der Waals surface area contributed by atoms with Gasteiger partial charge in [-0.1, -0.05) is 48.5 Å². The molecule has 37 heavy (non-hydrogen) atoms. The van der Waals surface area contributed by atoms with Crippen LogP contribution in [0.1, 0.15) is 107 Å². The fraction of sp³-hybridized carbons (Fsp3) is 0.969. The topological polar surface area (TPSA) is 87.0 Å². The van der Waals surface area contributed by atoms with Crippen molar-refractivity contribution in [3.8, 4) is 0 Å². The summed E-state index contributed by atoms with van der Waals surface area (Å²) in [4.78, 5) is 12.4. The summed E-state index contributed by atoms with van der Waals surface area (Å²) in [5, 5.41) is 33.8. The summed E-state index contributed by atoms with van der Waals surface area (Å²) < 4.78 is 6.18. The van der Waals surface area contributed by atoms with Gasteiger partial charge in [-0.2, -0.15) is 0 Å². The smallest absolute Gasteiger partial charge is 0.302 e. The zero-order valence-electron chi connectivity index (χ0n) is 24.7. The molecular formula is C32H54O5. The molecule has 212 valence electrons. The Kier molecular flexibility index (Phi) is 6.73. The maximum absolute atomic E-state index is 12.4. The standard InChI is InChI=1S/C32H54O5/c1-17(2)19(4)29(6)15-25(29)18(3)23-9-10-24-22-13-27(35)32(36)14-21(34)11-12-31(32,8)28(22)26(37-20(5)33)16-30(23,24)7/h17-19,21-28,34-36H,9-16H2,1-8H3/t18-,19+,21-,22-,23+,24-,25+,26+,27+,28+,29+,30+,31+,32-/m0/s1. The molecule has 5 aliphatic carbocycles. The third-order valence-electron chi connectivity index (χ3n) is 13.8. The molecule has 0 bridgehead atoms. The highest BCUT2D eigenvalue weighted by Gasteiger charge is 2.71. The van der Waals surface area contributed by atoms with Crippen LogP contribution in [0.25, 0.3) is 0 Å². The number of fused-ring (bicyclic) bond motifs is 5. The van der Waals surface area contributed by atoms with Crippen LogP contribution in [0.15, 0.2) is 0 Å². The minimum atomic E-state index is -1.34. The van der Waals surface area contributed by atoms with Crippen LogP contribution in [0.4, 0.5) is 0 Å². The second-order valence-corrected chi connectivity index (χ2v) is 15.5. The number of ether oxygens (including phenoxy) is 1. The van der Waals surface area contributed by atoms with Gasteiger partial charge < -0.3 is 20.1 Å². The van der Waals surface area contributed by atoms with Gasteiger partial charge in [-0.25, -0.2) is 0 Å². The molecular weight excluding hydrogens is 464 g/mol. The van der Waals surface area contributed by atoms with Crippen molar-refractivity contribution in [2.24, 2.45) is 63.6 Å². The van der Waals surface area contributed by atoms with E-state index in [1.807, 2.05) is 0 Å². The average molecular weight is 519 g/mol. The lowest BCUT2D eigenvalue weighted by molar-refractivity contribution is -0.284. The van der Waals surface area contributed by atoms with Gasteiger partial charge in [-0.05, 0) is 97.2 Å². The van der Waals surface area contributed by atoms with Crippen LogP contribution >= 0.6 is 0 Å². The van der Waals surface area contributed by atoms with Crippen LogP contribution < -0.4 is 0 Å². The molecule has 5 saturated carbocycles. The third kappa shape index (κ3) is 3.90. The number of aliphatic hydroxyl groups is 3. The van der Waals surface area contributed by atoms with Crippen molar-refractivity contribution < 1.29 is 24.9 Å². The Morgan fingerprint density at radius 2 is 1.62 bits per heavy atom. The van der Waals surface area contributed by atoms with Crippen molar-refractivity contribution in [3.63, 3.8) is 0 Å². The Morgan fingerprint density at radius 3 is 2.24 bits per heavy atom. The number of carbonyl (C=O) groups is 1. The van der Waals surface area contributed by atoms with E-state index in [4.69, 9.17) is 4.74 Å².